The number of halogens is 1. The quantitative estimate of drug-likeness (QED) is 0.789. The van der Waals surface area contributed by atoms with E-state index in [1.54, 1.807) is 18.2 Å². The molecule has 0 aromatic heterocycles. The summed E-state index contributed by atoms with van der Waals surface area (Å²) in [5.74, 6) is -0.134. The van der Waals surface area contributed by atoms with Crippen LogP contribution >= 0.6 is 11.6 Å². The monoisotopic (exact) mass is 257 g/mol. The first-order valence-corrected chi connectivity index (χ1v) is 5.77. The number of hydrogen-bond acceptors (Lipinski definition) is 3. The number of carbonyl (C=O) groups is 1. The van der Waals surface area contributed by atoms with Gasteiger partial charge in [0.1, 0.15) is 5.75 Å². The topological polar surface area (TPSA) is 58.6 Å². The molecule has 17 heavy (non-hydrogen) atoms. The van der Waals surface area contributed by atoms with Gasteiger partial charge in [-0.15, -0.1) is 11.6 Å². The van der Waals surface area contributed by atoms with Gasteiger partial charge >= 0.3 is 0 Å². The third-order valence-electron chi connectivity index (χ3n) is 2.29. The zero-order valence-electron chi connectivity index (χ0n) is 9.87. The summed E-state index contributed by atoms with van der Waals surface area (Å²) >= 11 is 5.69. The van der Waals surface area contributed by atoms with Crippen molar-refractivity contribution in [3.8, 4) is 5.75 Å². The number of phenolic OH excluding ortho intramolecular Hbond substituents is 1. The number of phenols is 1. The van der Waals surface area contributed by atoms with E-state index in [0.29, 0.717) is 6.61 Å². The summed E-state index contributed by atoms with van der Waals surface area (Å²) in [4.78, 5) is 11.8. The van der Waals surface area contributed by atoms with E-state index >= 15 is 0 Å². The average molecular weight is 258 g/mol. The smallest absolute Gasteiger partial charge is 0.255 e. The first-order valence-electron chi connectivity index (χ1n) is 5.24. The SMILES string of the molecule is COCC(CCl)NC(=O)c1ccc(C)cc1O. The van der Waals surface area contributed by atoms with Crippen molar-refractivity contribution in [3.63, 3.8) is 0 Å². The Hall–Kier alpha value is -1.26. The van der Waals surface area contributed by atoms with Crippen LogP contribution in [0.2, 0.25) is 0 Å². The van der Waals surface area contributed by atoms with Crippen molar-refractivity contribution in [3.05, 3.63) is 29.3 Å². The molecule has 0 heterocycles. The fourth-order valence-electron chi connectivity index (χ4n) is 1.42. The summed E-state index contributed by atoms with van der Waals surface area (Å²) in [6.45, 7) is 2.18. The number of hydrogen-bond donors (Lipinski definition) is 2. The Morgan fingerprint density at radius 2 is 2.29 bits per heavy atom. The number of methoxy groups -OCH3 is 1. The molecule has 4 nitrogen and oxygen atoms in total. The van der Waals surface area contributed by atoms with Crippen molar-refractivity contribution in [2.45, 2.75) is 13.0 Å². The lowest BCUT2D eigenvalue weighted by molar-refractivity contribution is 0.0904. The van der Waals surface area contributed by atoms with Crippen LogP contribution in [0.15, 0.2) is 18.2 Å². The van der Waals surface area contributed by atoms with Crippen LogP contribution in [0.25, 0.3) is 0 Å². The van der Waals surface area contributed by atoms with E-state index in [1.165, 1.54) is 7.11 Å². The number of carbonyl (C=O) groups excluding carboxylic acids is 1. The van der Waals surface area contributed by atoms with E-state index in [-0.39, 0.29) is 29.1 Å². The number of rotatable bonds is 5. The Balaban J connectivity index is 2.75. The minimum Gasteiger partial charge on any atom is -0.507 e. The molecule has 0 radical (unpaired) electrons. The highest BCUT2D eigenvalue weighted by atomic mass is 35.5. The number of alkyl halides is 1. The fraction of sp³-hybridized carbons (Fsp3) is 0.417. The van der Waals surface area contributed by atoms with Gasteiger partial charge in [0.15, 0.2) is 0 Å². The molecule has 0 spiro atoms. The van der Waals surface area contributed by atoms with Crippen molar-refractivity contribution in [2.75, 3.05) is 19.6 Å². The maximum Gasteiger partial charge on any atom is 0.255 e. The van der Waals surface area contributed by atoms with Crippen LogP contribution in [0.4, 0.5) is 0 Å². The van der Waals surface area contributed by atoms with Gasteiger partial charge in [0.2, 0.25) is 0 Å². The normalized spacial score (nSPS) is 12.2. The van der Waals surface area contributed by atoms with E-state index in [1.807, 2.05) is 6.92 Å². The summed E-state index contributed by atoms with van der Waals surface area (Å²) in [6.07, 6.45) is 0. The van der Waals surface area contributed by atoms with Gasteiger partial charge in [-0.1, -0.05) is 6.07 Å². The number of amides is 1. The summed E-state index contributed by atoms with van der Waals surface area (Å²) in [5.41, 5.74) is 1.13. The summed E-state index contributed by atoms with van der Waals surface area (Å²) in [5, 5.41) is 12.3. The van der Waals surface area contributed by atoms with Gasteiger partial charge in [-0.25, -0.2) is 0 Å². The van der Waals surface area contributed by atoms with Crippen LogP contribution in [-0.2, 0) is 4.74 Å². The maximum atomic E-state index is 11.8. The highest BCUT2D eigenvalue weighted by molar-refractivity contribution is 6.18. The number of aryl methyl sites for hydroxylation is 1. The second kappa shape index (κ2) is 6.47. The molecule has 5 heteroatoms. The zero-order valence-corrected chi connectivity index (χ0v) is 10.6. The molecule has 1 aromatic carbocycles. The minimum atomic E-state index is -0.356. The first kappa shape index (κ1) is 13.8. The van der Waals surface area contributed by atoms with Crippen LogP contribution in [0.5, 0.6) is 5.75 Å². The summed E-state index contributed by atoms with van der Waals surface area (Å²) in [7, 11) is 1.54. The molecular weight excluding hydrogens is 242 g/mol. The van der Waals surface area contributed by atoms with Crippen molar-refractivity contribution in [2.24, 2.45) is 0 Å². The number of nitrogens with one attached hydrogen (secondary N) is 1. The van der Waals surface area contributed by atoms with Crippen LogP contribution in [0.3, 0.4) is 0 Å². The van der Waals surface area contributed by atoms with E-state index < -0.39 is 0 Å². The van der Waals surface area contributed by atoms with Gasteiger partial charge in [0.05, 0.1) is 18.2 Å². The number of ether oxygens (including phenoxy) is 1. The predicted molar refractivity (Wildman–Crippen MR) is 66.7 cm³/mol. The van der Waals surface area contributed by atoms with Crippen molar-refractivity contribution >= 4 is 17.5 Å². The van der Waals surface area contributed by atoms with Crippen LogP contribution < -0.4 is 5.32 Å². The Labute approximate surface area is 106 Å². The molecule has 1 atom stereocenters. The molecule has 0 bridgehead atoms. The van der Waals surface area contributed by atoms with Crippen molar-refractivity contribution < 1.29 is 14.6 Å². The van der Waals surface area contributed by atoms with Gasteiger partial charge in [-0.2, -0.15) is 0 Å². The van der Waals surface area contributed by atoms with E-state index in [9.17, 15) is 9.90 Å². The fourth-order valence-corrected chi connectivity index (χ4v) is 1.59. The molecule has 0 aliphatic heterocycles. The highest BCUT2D eigenvalue weighted by Crippen LogP contribution is 2.18. The second-order valence-corrected chi connectivity index (χ2v) is 4.11. The third kappa shape index (κ3) is 3.91. The Kier molecular flexibility index (Phi) is 5.25. The molecule has 0 saturated carbocycles. The predicted octanol–water partition coefficient (Wildman–Crippen LogP) is 1.68. The Morgan fingerprint density at radius 3 is 2.82 bits per heavy atom. The lowest BCUT2D eigenvalue weighted by Crippen LogP contribution is -2.39. The molecule has 0 aliphatic rings. The molecule has 1 aromatic rings. The molecule has 94 valence electrons. The zero-order chi connectivity index (χ0) is 12.8. The molecule has 0 aliphatic carbocycles. The van der Waals surface area contributed by atoms with Crippen molar-refractivity contribution in [1.29, 1.82) is 0 Å². The van der Waals surface area contributed by atoms with E-state index in [2.05, 4.69) is 5.32 Å². The van der Waals surface area contributed by atoms with Gasteiger partial charge in [-0.05, 0) is 24.6 Å². The maximum absolute atomic E-state index is 11.8. The Bertz CT molecular complexity index is 395. The number of aromatic hydroxyl groups is 1. The van der Waals surface area contributed by atoms with Gasteiger partial charge < -0.3 is 15.2 Å². The second-order valence-electron chi connectivity index (χ2n) is 3.80. The number of benzene rings is 1. The lowest BCUT2D eigenvalue weighted by Gasteiger charge is -2.15. The largest absolute Gasteiger partial charge is 0.507 e. The molecule has 0 saturated heterocycles. The van der Waals surface area contributed by atoms with Crippen LogP contribution in [0, 0.1) is 6.92 Å². The van der Waals surface area contributed by atoms with Gasteiger partial charge in [0.25, 0.3) is 5.91 Å². The average Bonchev–Trinajstić information content (AvgIpc) is 2.28. The molecule has 1 rings (SSSR count). The third-order valence-corrected chi connectivity index (χ3v) is 2.66. The lowest BCUT2D eigenvalue weighted by atomic mass is 10.1. The Morgan fingerprint density at radius 1 is 1.59 bits per heavy atom. The summed E-state index contributed by atoms with van der Waals surface area (Å²) in [6, 6.07) is 4.62. The van der Waals surface area contributed by atoms with Gasteiger partial charge in [-0.3, -0.25) is 4.79 Å². The summed E-state index contributed by atoms with van der Waals surface area (Å²) < 4.78 is 4.92. The van der Waals surface area contributed by atoms with E-state index in [4.69, 9.17) is 16.3 Å². The minimum absolute atomic E-state index is 0.0340. The van der Waals surface area contributed by atoms with Crippen LogP contribution in [0.1, 0.15) is 15.9 Å². The van der Waals surface area contributed by atoms with Crippen LogP contribution in [-0.4, -0.2) is 36.7 Å². The molecule has 1 amide bonds. The molecule has 1 unspecified atom stereocenters. The highest BCUT2D eigenvalue weighted by Gasteiger charge is 2.15. The molecular formula is C12H16ClNO3. The molecule has 2 N–H and O–H groups in total. The standard InChI is InChI=1S/C12H16ClNO3/c1-8-3-4-10(11(15)5-8)12(16)14-9(6-13)7-17-2/h3-5,9,15H,6-7H2,1-2H3,(H,14,16). The molecule has 0 fully saturated rings. The van der Waals surface area contributed by atoms with E-state index in [0.717, 1.165) is 5.56 Å². The van der Waals surface area contributed by atoms with Crippen molar-refractivity contribution in [1.82, 2.24) is 5.32 Å². The first-order chi connectivity index (χ1) is 8.08. The van der Waals surface area contributed by atoms with Gasteiger partial charge in [0, 0.05) is 13.0 Å².